The molecule has 1 aliphatic heterocycles. The predicted octanol–water partition coefficient (Wildman–Crippen LogP) is 1.70. The first-order chi connectivity index (χ1) is 11.1. The van der Waals surface area contributed by atoms with Crippen molar-refractivity contribution in [3.8, 4) is 5.75 Å². The number of ether oxygens (including phenoxy) is 1. The third-order valence-corrected chi connectivity index (χ3v) is 4.15. The Bertz CT molecular complexity index is 584. The first-order valence-electron chi connectivity index (χ1n) is 7.67. The van der Waals surface area contributed by atoms with Gasteiger partial charge in [-0.1, -0.05) is 11.6 Å². The van der Waals surface area contributed by atoms with E-state index in [0.29, 0.717) is 42.5 Å². The van der Waals surface area contributed by atoms with E-state index in [-0.39, 0.29) is 30.1 Å². The quantitative estimate of drug-likeness (QED) is 0.819. The summed E-state index contributed by atoms with van der Waals surface area (Å²) in [6.07, 6.45) is 1.56. The topological polar surface area (TPSA) is 84.7 Å². The van der Waals surface area contributed by atoms with Gasteiger partial charge in [0.15, 0.2) is 0 Å². The van der Waals surface area contributed by atoms with Gasteiger partial charge < -0.3 is 20.7 Å². The summed E-state index contributed by atoms with van der Waals surface area (Å²) in [4.78, 5) is 26.5. The molecule has 2 amide bonds. The van der Waals surface area contributed by atoms with Gasteiger partial charge in [-0.25, -0.2) is 0 Å². The standard InChI is InChI=1S/C16H22ClN3O3.ClH/c1-23-14-5-4-12(17)9-13(14)16(22)20-8-2-3-11(10-20)15(21)19-7-6-18;/h4-5,9,11H,2-3,6-8,10,18H2,1H3,(H,19,21);1H. The molecule has 1 saturated heterocycles. The molecule has 6 nitrogen and oxygen atoms in total. The highest BCUT2D eigenvalue weighted by Gasteiger charge is 2.29. The number of amides is 2. The van der Waals surface area contributed by atoms with Crippen LogP contribution in [0.2, 0.25) is 5.02 Å². The number of carbonyl (C=O) groups is 2. The Morgan fingerprint density at radius 2 is 2.21 bits per heavy atom. The van der Waals surface area contributed by atoms with Gasteiger partial charge in [0.25, 0.3) is 5.91 Å². The van der Waals surface area contributed by atoms with Crippen LogP contribution in [-0.4, -0.2) is 50.0 Å². The summed E-state index contributed by atoms with van der Waals surface area (Å²) in [6.45, 7) is 1.87. The number of nitrogens with one attached hydrogen (secondary N) is 1. The second-order valence-corrected chi connectivity index (χ2v) is 5.95. The van der Waals surface area contributed by atoms with Crippen molar-refractivity contribution in [2.24, 2.45) is 11.7 Å². The van der Waals surface area contributed by atoms with E-state index in [1.54, 1.807) is 23.1 Å². The van der Waals surface area contributed by atoms with E-state index in [2.05, 4.69) is 5.32 Å². The summed E-state index contributed by atoms with van der Waals surface area (Å²) >= 11 is 5.99. The molecule has 1 fully saturated rings. The number of halogens is 2. The molecule has 3 N–H and O–H groups in total. The number of benzene rings is 1. The highest BCUT2D eigenvalue weighted by Crippen LogP contribution is 2.26. The predicted molar refractivity (Wildman–Crippen MR) is 95.9 cm³/mol. The highest BCUT2D eigenvalue weighted by atomic mass is 35.5. The second kappa shape index (κ2) is 9.71. The Morgan fingerprint density at radius 3 is 2.88 bits per heavy atom. The summed E-state index contributed by atoms with van der Waals surface area (Å²) < 4.78 is 5.24. The van der Waals surface area contributed by atoms with Crippen molar-refractivity contribution in [2.75, 3.05) is 33.3 Å². The van der Waals surface area contributed by atoms with Crippen LogP contribution in [0, 0.1) is 5.92 Å². The molecule has 1 heterocycles. The van der Waals surface area contributed by atoms with Crippen LogP contribution < -0.4 is 15.8 Å². The molecule has 1 aliphatic rings. The van der Waals surface area contributed by atoms with Gasteiger partial charge in [-0.15, -0.1) is 12.4 Å². The summed E-state index contributed by atoms with van der Waals surface area (Å²) in [5, 5.41) is 3.26. The first-order valence-corrected chi connectivity index (χ1v) is 8.05. The largest absolute Gasteiger partial charge is 0.496 e. The van der Waals surface area contributed by atoms with Crippen molar-refractivity contribution < 1.29 is 14.3 Å². The Morgan fingerprint density at radius 1 is 1.46 bits per heavy atom. The van der Waals surface area contributed by atoms with Crippen molar-refractivity contribution in [1.29, 1.82) is 0 Å². The molecule has 1 unspecified atom stereocenters. The second-order valence-electron chi connectivity index (χ2n) is 5.51. The number of rotatable bonds is 5. The van der Waals surface area contributed by atoms with Crippen molar-refractivity contribution in [2.45, 2.75) is 12.8 Å². The number of nitrogens with zero attached hydrogens (tertiary/aromatic N) is 1. The first kappa shape index (κ1) is 20.5. The SMILES string of the molecule is COc1ccc(Cl)cc1C(=O)N1CCCC(C(=O)NCCN)C1.Cl. The molecule has 0 aliphatic carbocycles. The van der Waals surface area contributed by atoms with Crippen LogP contribution in [0.25, 0.3) is 0 Å². The van der Waals surface area contributed by atoms with Crippen LogP contribution in [0.1, 0.15) is 23.2 Å². The average Bonchev–Trinajstić information content (AvgIpc) is 2.59. The van der Waals surface area contributed by atoms with Crippen molar-refractivity contribution in [3.05, 3.63) is 28.8 Å². The van der Waals surface area contributed by atoms with E-state index in [1.165, 1.54) is 7.11 Å². The molecule has 0 spiro atoms. The molecule has 1 aromatic carbocycles. The zero-order valence-electron chi connectivity index (χ0n) is 13.6. The van der Waals surface area contributed by atoms with E-state index in [4.69, 9.17) is 22.1 Å². The van der Waals surface area contributed by atoms with E-state index in [1.807, 2.05) is 0 Å². The molecule has 1 aromatic rings. The number of methoxy groups -OCH3 is 1. The number of likely N-dealkylation sites (tertiary alicyclic amines) is 1. The molecule has 2 rings (SSSR count). The number of nitrogens with two attached hydrogens (primary N) is 1. The van der Waals surface area contributed by atoms with Crippen molar-refractivity contribution in [3.63, 3.8) is 0 Å². The molecule has 0 aromatic heterocycles. The van der Waals surface area contributed by atoms with Crippen LogP contribution in [0.4, 0.5) is 0 Å². The van der Waals surface area contributed by atoms with Gasteiger partial charge >= 0.3 is 0 Å². The molecule has 1 atom stereocenters. The summed E-state index contributed by atoms with van der Waals surface area (Å²) in [7, 11) is 1.51. The summed E-state index contributed by atoms with van der Waals surface area (Å²) in [6, 6.07) is 4.95. The molecule has 24 heavy (non-hydrogen) atoms. The average molecular weight is 376 g/mol. The lowest BCUT2D eigenvalue weighted by Gasteiger charge is -2.32. The third kappa shape index (κ3) is 5.00. The molecular weight excluding hydrogens is 353 g/mol. The Balaban J connectivity index is 0.00000288. The Kier molecular flexibility index (Phi) is 8.31. The molecule has 0 radical (unpaired) electrons. The lowest BCUT2D eigenvalue weighted by Crippen LogP contribution is -2.46. The maximum Gasteiger partial charge on any atom is 0.257 e. The molecule has 134 valence electrons. The van der Waals surface area contributed by atoms with Crippen LogP contribution in [-0.2, 0) is 4.79 Å². The minimum atomic E-state index is -0.204. The number of hydrogen-bond donors (Lipinski definition) is 2. The van der Waals surface area contributed by atoms with Crippen LogP contribution >= 0.6 is 24.0 Å². The van der Waals surface area contributed by atoms with E-state index >= 15 is 0 Å². The maximum absolute atomic E-state index is 12.7. The van der Waals surface area contributed by atoms with Crippen LogP contribution in [0.3, 0.4) is 0 Å². The molecule has 0 saturated carbocycles. The van der Waals surface area contributed by atoms with Crippen LogP contribution in [0.5, 0.6) is 5.75 Å². The smallest absolute Gasteiger partial charge is 0.257 e. The van der Waals surface area contributed by atoms with Gasteiger partial charge in [0.1, 0.15) is 5.75 Å². The Labute approximate surface area is 153 Å². The third-order valence-electron chi connectivity index (χ3n) is 3.91. The number of piperidine rings is 1. The number of hydrogen-bond acceptors (Lipinski definition) is 4. The molecular formula is C16H23Cl2N3O3. The normalized spacial score (nSPS) is 17.0. The van der Waals surface area contributed by atoms with Gasteiger partial charge in [-0.3, -0.25) is 9.59 Å². The lowest BCUT2D eigenvalue weighted by molar-refractivity contribution is -0.126. The van der Waals surface area contributed by atoms with Crippen molar-refractivity contribution in [1.82, 2.24) is 10.2 Å². The van der Waals surface area contributed by atoms with E-state index < -0.39 is 0 Å². The maximum atomic E-state index is 12.7. The number of carbonyl (C=O) groups excluding carboxylic acids is 2. The van der Waals surface area contributed by atoms with Gasteiger partial charge in [-0.05, 0) is 31.0 Å². The van der Waals surface area contributed by atoms with E-state index in [9.17, 15) is 9.59 Å². The fourth-order valence-corrected chi connectivity index (χ4v) is 2.91. The molecule has 8 heteroatoms. The molecule has 0 bridgehead atoms. The summed E-state index contributed by atoms with van der Waals surface area (Å²) in [5.41, 5.74) is 5.82. The lowest BCUT2D eigenvalue weighted by atomic mass is 9.96. The summed E-state index contributed by atoms with van der Waals surface area (Å²) in [5.74, 6) is 0.0604. The zero-order chi connectivity index (χ0) is 16.8. The van der Waals surface area contributed by atoms with Gasteiger partial charge in [0.2, 0.25) is 5.91 Å². The fraction of sp³-hybridized carbons (Fsp3) is 0.500. The van der Waals surface area contributed by atoms with Gasteiger partial charge in [0.05, 0.1) is 18.6 Å². The minimum absolute atomic E-state index is 0. The highest BCUT2D eigenvalue weighted by molar-refractivity contribution is 6.31. The Hall–Kier alpha value is -1.50. The minimum Gasteiger partial charge on any atom is -0.496 e. The van der Waals surface area contributed by atoms with Gasteiger partial charge in [-0.2, -0.15) is 0 Å². The van der Waals surface area contributed by atoms with E-state index in [0.717, 1.165) is 12.8 Å². The van der Waals surface area contributed by atoms with Crippen molar-refractivity contribution >= 4 is 35.8 Å². The van der Waals surface area contributed by atoms with Crippen LogP contribution in [0.15, 0.2) is 18.2 Å². The monoisotopic (exact) mass is 375 g/mol. The van der Waals surface area contributed by atoms with Gasteiger partial charge in [0, 0.05) is 31.2 Å². The zero-order valence-corrected chi connectivity index (χ0v) is 15.2. The fourth-order valence-electron chi connectivity index (χ4n) is 2.73.